The topological polar surface area (TPSA) is 59.2 Å². The van der Waals surface area contributed by atoms with E-state index >= 15 is 0 Å². The number of aromatic nitrogens is 1. The van der Waals surface area contributed by atoms with E-state index in [0.717, 1.165) is 23.7 Å². The molecule has 104 valence electrons. The maximum absolute atomic E-state index is 12.5. The summed E-state index contributed by atoms with van der Waals surface area (Å²) in [5.41, 5.74) is 6.32. The molecule has 2 N–H and O–H groups in total. The van der Waals surface area contributed by atoms with Crippen LogP contribution in [0, 0.1) is 5.92 Å². The molecule has 4 nitrogen and oxygen atoms in total. The number of amides is 1. The van der Waals surface area contributed by atoms with E-state index in [1.165, 1.54) is 0 Å². The molecule has 1 saturated carbocycles. The first-order chi connectivity index (χ1) is 9.17. The fourth-order valence-corrected chi connectivity index (χ4v) is 3.12. The normalized spacial score (nSPS) is 22.5. The average molecular weight is 326 g/mol. The van der Waals surface area contributed by atoms with E-state index in [4.69, 9.17) is 5.73 Å². The van der Waals surface area contributed by atoms with E-state index in [-0.39, 0.29) is 11.9 Å². The Hall–Kier alpha value is -0.940. The SMILES string of the molecule is CCN(C(=O)c1ccc(Br)cn1)C1CCCC1CN. The van der Waals surface area contributed by atoms with Crippen LogP contribution in [0.2, 0.25) is 0 Å². The molecule has 1 amide bonds. The van der Waals surface area contributed by atoms with E-state index in [1.807, 2.05) is 17.9 Å². The zero-order valence-corrected chi connectivity index (χ0v) is 12.8. The summed E-state index contributed by atoms with van der Waals surface area (Å²) in [7, 11) is 0. The number of halogens is 1. The highest BCUT2D eigenvalue weighted by molar-refractivity contribution is 9.10. The molecule has 0 radical (unpaired) electrons. The van der Waals surface area contributed by atoms with Crippen LogP contribution in [-0.4, -0.2) is 34.9 Å². The Bertz CT molecular complexity index is 435. The van der Waals surface area contributed by atoms with Gasteiger partial charge >= 0.3 is 0 Å². The molecule has 2 atom stereocenters. The number of pyridine rings is 1. The molecule has 1 aromatic heterocycles. The van der Waals surface area contributed by atoms with Crippen LogP contribution < -0.4 is 5.73 Å². The Kier molecular flexibility index (Phi) is 4.93. The number of hydrogen-bond donors (Lipinski definition) is 1. The van der Waals surface area contributed by atoms with Crippen LogP contribution in [0.25, 0.3) is 0 Å². The summed E-state index contributed by atoms with van der Waals surface area (Å²) in [6.45, 7) is 3.38. The van der Waals surface area contributed by atoms with E-state index in [9.17, 15) is 4.79 Å². The molecular formula is C14H20BrN3O. The molecule has 1 aromatic rings. The molecular weight excluding hydrogens is 306 g/mol. The third-order valence-electron chi connectivity index (χ3n) is 3.87. The van der Waals surface area contributed by atoms with Crippen molar-refractivity contribution in [3.8, 4) is 0 Å². The number of carbonyl (C=O) groups is 1. The quantitative estimate of drug-likeness (QED) is 0.924. The maximum atomic E-state index is 12.5. The van der Waals surface area contributed by atoms with Gasteiger partial charge in [0.15, 0.2) is 0 Å². The molecule has 2 rings (SSSR count). The lowest BCUT2D eigenvalue weighted by molar-refractivity contribution is 0.0646. The second kappa shape index (κ2) is 6.48. The van der Waals surface area contributed by atoms with Gasteiger partial charge in [0.1, 0.15) is 5.69 Å². The second-order valence-corrected chi connectivity index (χ2v) is 5.86. The highest BCUT2D eigenvalue weighted by atomic mass is 79.9. The number of carbonyl (C=O) groups excluding carboxylic acids is 1. The van der Waals surface area contributed by atoms with Gasteiger partial charge < -0.3 is 10.6 Å². The van der Waals surface area contributed by atoms with Crippen LogP contribution in [0.4, 0.5) is 0 Å². The first kappa shape index (κ1) is 14.5. The lowest BCUT2D eigenvalue weighted by Crippen LogP contribution is -2.44. The standard InChI is InChI=1S/C14H20BrN3O/c1-2-18(13-5-3-4-10(13)8-16)14(19)12-7-6-11(15)9-17-12/h6-7,9-10,13H,2-5,8,16H2,1H3. The lowest BCUT2D eigenvalue weighted by Gasteiger charge is -2.31. The second-order valence-electron chi connectivity index (χ2n) is 4.95. The summed E-state index contributed by atoms with van der Waals surface area (Å²) >= 11 is 3.33. The van der Waals surface area contributed by atoms with Gasteiger partial charge in [-0.15, -0.1) is 0 Å². The summed E-state index contributed by atoms with van der Waals surface area (Å²) in [6.07, 6.45) is 5.00. The third kappa shape index (κ3) is 3.15. The van der Waals surface area contributed by atoms with Gasteiger partial charge in [-0.2, -0.15) is 0 Å². The molecule has 0 spiro atoms. The highest BCUT2D eigenvalue weighted by Crippen LogP contribution is 2.30. The van der Waals surface area contributed by atoms with Gasteiger partial charge in [0.05, 0.1) is 0 Å². The smallest absolute Gasteiger partial charge is 0.272 e. The van der Waals surface area contributed by atoms with Gasteiger partial charge in [0.25, 0.3) is 5.91 Å². The van der Waals surface area contributed by atoms with Crippen molar-refractivity contribution in [3.05, 3.63) is 28.5 Å². The van der Waals surface area contributed by atoms with Crippen molar-refractivity contribution >= 4 is 21.8 Å². The van der Waals surface area contributed by atoms with Gasteiger partial charge in [0.2, 0.25) is 0 Å². The van der Waals surface area contributed by atoms with Crippen molar-refractivity contribution in [2.24, 2.45) is 11.7 Å². The van der Waals surface area contributed by atoms with Crippen molar-refractivity contribution in [1.82, 2.24) is 9.88 Å². The van der Waals surface area contributed by atoms with Gasteiger partial charge in [-0.05, 0) is 60.3 Å². The minimum atomic E-state index is 0.0142. The Labute approximate surface area is 122 Å². The van der Waals surface area contributed by atoms with Crippen LogP contribution in [0.1, 0.15) is 36.7 Å². The molecule has 19 heavy (non-hydrogen) atoms. The Balaban J connectivity index is 2.17. The number of nitrogens with two attached hydrogens (primary N) is 1. The average Bonchev–Trinajstić information content (AvgIpc) is 2.88. The third-order valence-corrected chi connectivity index (χ3v) is 4.34. The minimum absolute atomic E-state index is 0.0142. The van der Waals surface area contributed by atoms with Crippen LogP contribution in [0.3, 0.4) is 0 Å². The molecule has 2 unspecified atom stereocenters. The molecule has 1 heterocycles. The summed E-state index contributed by atoms with van der Waals surface area (Å²) in [5.74, 6) is 0.444. The van der Waals surface area contributed by atoms with Gasteiger partial charge in [-0.3, -0.25) is 4.79 Å². The van der Waals surface area contributed by atoms with E-state index in [2.05, 4.69) is 20.9 Å². The molecule has 1 aliphatic carbocycles. The van der Waals surface area contributed by atoms with E-state index < -0.39 is 0 Å². The highest BCUT2D eigenvalue weighted by Gasteiger charge is 2.33. The van der Waals surface area contributed by atoms with E-state index in [1.54, 1.807) is 12.3 Å². The molecule has 0 aliphatic heterocycles. The van der Waals surface area contributed by atoms with Crippen LogP contribution in [-0.2, 0) is 0 Å². The predicted molar refractivity (Wildman–Crippen MR) is 78.8 cm³/mol. The van der Waals surface area contributed by atoms with Crippen molar-refractivity contribution in [1.29, 1.82) is 0 Å². The number of nitrogens with zero attached hydrogens (tertiary/aromatic N) is 2. The van der Waals surface area contributed by atoms with Gasteiger partial charge in [-0.1, -0.05) is 6.42 Å². The fourth-order valence-electron chi connectivity index (χ4n) is 2.88. The molecule has 1 fully saturated rings. The van der Waals surface area contributed by atoms with Crippen LogP contribution >= 0.6 is 15.9 Å². The van der Waals surface area contributed by atoms with Crippen molar-refractivity contribution in [3.63, 3.8) is 0 Å². The summed E-state index contributed by atoms with van der Waals surface area (Å²) in [6, 6.07) is 3.89. The first-order valence-corrected chi connectivity index (χ1v) is 7.59. The number of rotatable bonds is 4. The Morgan fingerprint density at radius 1 is 1.53 bits per heavy atom. The van der Waals surface area contributed by atoms with E-state index in [0.29, 0.717) is 24.7 Å². The Morgan fingerprint density at radius 2 is 2.32 bits per heavy atom. The summed E-state index contributed by atoms with van der Waals surface area (Å²) < 4.78 is 0.882. The fraction of sp³-hybridized carbons (Fsp3) is 0.571. The molecule has 0 bridgehead atoms. The maximum Gasteiger partial charge on any atom is 0.272 e. The van der Waals surface area contributed by atoms with Gasteiger partial charge in [0, 0.05) is 23.3 Å². The monoisotopic (exact) mass is 325 g/mol. The predicted octanol–water partition coefficient (Wildman–Crippen LogP) is 2.43. The first-order valence-electron chi connectivity index (χ1n) is 6.80. The van der Waals surface area contributed by atoms with Gasteiger partial charge in [-0.25, -0.2) is 4.98 Å². The largest absolute Gasteiger partial charge is 0.334 e. The van der Waals surface area contributed by atoms with Crippen LogP contribution in [0.5, 0.6) is 0 Å². The van der Waals surface area contributed by atoms with Crippen molar-refractivity contribution in [2.45, 2.75) is 32.2 Å². The minimum Gasteiger partial charge on any atom is -0.334 e. The molecule has 1 aliphatic rings. The van der Waals surface area contributed by atoms with Crippen molar-refractivity contribution < 1.29 is 4.79 Å². The lowest BCUT2D eigenvalue weighted by atomic mass is 10.0. The van der Waals surface area contributed by atoms with Crippen LogP contribution in [0.15, 0.2) is 22.8 Å². The number of hydrogen-bond acceptors (Lipinski definition) is 3. The molecule has 0 aromatic carbocycles. The zero-order valence-electron chi connectivity index (χ0n) is 11.2. The molecule has 0 saturated heterocycles. The zero-order chi connectivity index (χ0) is 13.8. The van der Waals surface area contributed by atoms with Crippen molar-refractivity contribution in [2.75, 3.05) is 13.1 Å². The Morgan fingerprint density at radius 3 is 2.89 bits per heavy atom. The summed E-state index contributed by atoms with van der Waals surface area (Å²) in [4.78, 5) is 18.7. The summed E-state index contributed by atoms with van der Waals surface area (Å²) in [5, 5.41) is 0. The molecule has 5 heteroatoms.